The first-order valence-electron chi connectivity index (χ1n) is 7.94. The topological polar surface area (TPSA) is 166 Å². The number of hydrogen-bond donors (Lipinski definition) is 4. The number of aliphatic hydroxyl groups is 1. The highest BCUT2D eigenvalue weighted by Gasteiger charge is 2.30. The van der Waals surface area contributed by atoms with Gasteiger partial charge in [-0.1, -0.05) is 0 Å². The summed E-state index contributed by atoms with van der Waals surface area (Å²) in [6.45, 7) is 9.36. The molecule has 10 nitrogen and oxygen atoms in total. The minimum Gasteiger partial charge on any atom is -0.461 e. The maximum Gasteiger partial charge on any atom is 0.469 e. The van der Waals surface area contributed by atoms with Crippen LogP contribution in [0.5, 0.6) is 0 Å². The van der Waals surface area contributed by atoms with Crippen LogP contribution in [0.15, 0.2) is 0 Å². The fourth-order valence-electron chi connectivity index (χ4n) is 1.01. The number of phosphoric acid groups is 1. The molecule has 0 aromatic heterocycles. The standard InChI is InChI=1S/C13H25O8P.C2H7NO/c1-12(2,3)10(14)19-7-9(8-20-22(16,17)18)21-11(15)13(4,5)6;3-1-2-4/h9H,7-8H2,1-6H3,(H2,16,17,18);4H,1-3H2. The van der Waals surface area contributed by atoms with Crippen LogP contribution in [-0.4, -0.2) is 59.3 Å². The number of phosphoric ester groups is 1. The lowest BCUT2D eigenvalue weighted by molar-refractivity contribution is -0.170. The number of esters is 2. The molecule has 0 amide bonds. The molecule has 0 bridgehead atoms. The van der Waals surface area contributed by atoms with Crippen molar-refractivity contribution in [2.45, 2.75) is 47.6 Å². The Balaban J connectivity index is 0. The van der Waals surface area contributed by atoms with Crippen LogP contribution in [0, 0.1) is 10.8 Å². The van der Waals surface area contributed by atoms with Crippen molar-refractivity contribution in [2.24, 2.45) is 16.6 Å². The molecule has 0 rings (SSSR count). The van der Waals surface area contributed by atoms with Gasteiger partial charge in [-0.15, -0.1) is 0 Å². The third-order valence-corrected chi connectivity index (χ3v) is 2.94. The fraction of sp³-hybridized carbons (Fsp3) is 0.867. The zero-order valence-corrected chi connectivity index (χ0v) is 17.1. The van der Waals surface area contributed by atoms with E-state index in [1.807, 2.05) is 0 Å². The van der Waals surface area contributed by atoms with Crippen LogP contribution in [0.2, 0.25) is 0 Å². The van der Waals surface area contributed by atoms with Crippen LogP contribution >= 0.6 is 7.82 Å². The Morgan fingerprint density at radius 3 is 1.73 bits per heavy atom. The Kier molecular flexibility index (Phi) is 12.2. The molecule has 0 aliphatic heterocycles. The predicted octanol–water partition coefficient (Wildman–Crippen LogP) is 0.580. The largest absolute Gasteiger partial charge is 0.469 e. The monoisotopic (exact) mass is 401 g/mol. The van der Waals surface area contributed by atoms with Gasteiger partial charge in [-0.2, -0.15) is 0 Å². The molecule has 26 heavy (non-hydrogen) atoms. The molecule has 0 saturated carbocycles. The summed E-state index contributed by atoms with van der Waals surface area (Å²) >= 11 is 0. The average Bonchev–Trinajstić information content (AvgIpc) is 2.46. The van der Waals surface area contributed by atoms with Crippen molar-refractivity contribution < 1.29 is 43.0 Å². The Morgan fingerprint density at radius 1 is 1.00 bits per heavy atom. The van der Waals surface area contributed by atoms with Gasteiger partial charge in [-0.05, 0) is 41.5 Å². The van der Waals surface area contributed by atoms with Crippen molar-refractivity contribution in [3.8, 4) is 0 Å². The van der Waals surface area contributed by atoms with Crippen LogP contribution in [-0.2, 0) is 28.2 Å². The van der Waals surface area contributed by atoms with Gasteiger partial charge in [0.1, 0.15) is 6.61 Å². The zero-order valence-electron chi connectivity index (χ0n) is 16.2. The van der Waals surface area contributed by atoms with Crippen molar-refractivity contribution in [3.63, 3.8) is 0 Å². The Hall–Kier alpha value is -1.03. The van der Waals surface area contributed by atoms with Gasteiger partial charge in [-0.25, -0.2) is 4.57 Å². The van der Waals surface area contributed by atoms with E-state index in [1.54, 1.807) is 41.5 Å². The van der Waals surface area contributed by atoms with Gasteiger partial charge in [-0.3, -0.25) is 14.1 Å². The minimum atomic E-state index is -4.72. The van der Waals surface area contributed by atoms with Gasteiger partial charge in [0, 0.05) is 6.54 Å². The molecule has 0 heterocycles. The maximum atomic E-state index is 11.8. The predicted molar refractivity (Wildman–Crippen MR) is 93.9 cm³/mol. The Bertz CT molecular complexity index is 474. The number of carbonyl (C=O) groups excluding carboxylic acids is 2. The Labute approximate surface area is 154 Å². The second-order valence-electron chi connectivity index (χ2n) is 7.42. The summed E-state index contributed by atoms with van der Waals surface area (Å²) in [5.74, 6) is -1.13. The van der Waals surface area contributed by atoms with Crippen molar-refractivity contribution in [1.82, 2.24) is 0 Å². The van der Waals surface area contributed by atoms with E-state index in [0.29, 0.717) is 6.54 Å². The van der Waals surface area contributed by atoms with E-state index in [0.717, 1.165) is 0 Å². The van der Waals surface area contributed by atoms with Crippen molar-refractivity contribution >= 4 is 19.8 Å². The van der Waals surface area contributed by atoms with Crippen LogP contribution in [0.3, 0.4) is 0 Å². The lowest BCUT2D eigenvalue weighted by Crippen LogP contribution is -2.35. The molecular formula is C15H32NO9P. The maximum absolute atomic E-state index is 11.8. The van der Waals surface area contributed by atoms with Crippen molar-refractivity contribution in [3.05, 3.63) is 0 Å². The number of aliphatic hydroxyl groups excluding tert-OH is 1. The van der Waals surface area contributed by atoms with E-state index in [-0.39, 0.29) is 13.2 Å². The first kappa shape index (κ1) is 27.2. The Morgan fingerprint density at radius 2 is 1.42 bits per heavy atom. The second-order valence-corrected chi connectivity index (χ2v) is 8.66. The minimum absolute atomic E-state index is 0.0972. The molecule has 1 atom stereocenters. The van der Waals surface area contributed by atoms with Crippen molar-refractivity contribution in [2.75, 3.05) is 26.4 Å². The van der Waals surface area contributed by atoms with Crippen molar-refractivity contribution in [1.29, 1.82) is 0 Å². The normalized spacial score (nSPS) is 13.3. The SMILES string of the molecule is CC(C)(C)C(=O)OCC(COP(=O)(O)O)OC(=O)C(C)(C)C.NCCO. The number of hydrogen-bond acceptors (Lipinski definition) is 8. The summed E-state index contributed by atoms with van der Waals surface area (Å²) in [7, 11) is -4.72. The molecule has 0 spiro atoms. The summed E-state index contributed by atoms with van der Waals surface area (Å²) in [5, 5.41) is 7.75. The van der Waals surface area contributed by atoms with Gasteiger partial charge in [0.05, 0.1) is 24.0 Å². The third-order valence-electron chi connectivity index (χ3n) is 2.46. The van der Waals surface area contributed by atoms with Gasteiger partial charge in [0.15, 0.2) is 6.10 Å². The molecule has 0 saturated heterocycles. The van der Waals surface area contributed by atoms with Crippen LogP contribution in [0.1, 0.15) is 41.5 Å². The average molecular weight is 401 g/mol. The highest BCUT2D eigenvalue weighted by molar-refractivity contribution is 7.46. The summed E-state index contributed by atoms with van der Waals surface area (Å²) < 4.78 is 25.1. The van der Waals surface area contributed by atoms with Crippen LogP contribution in [0.4, 0.5) is 0 Å². The summed E-state index contributed by atoms with van der Waals surface area (Å²) in [4.78, 5) is 40.9. The second kappa shape index (κ2) is 11.6. The molecule has 11 heteroatoms. The molecule has 1 unspecified atom stereocenters. The van der Waals surface area contributed by atoms with Crippen LogP contribution < -0.4 is 5.73 Å². The van der Waals surface area contributed by atoms with E-state index >= 15 is 0 Å². The molecule has 0 fully saturated rings. The molecule has 0 radical (unpaired) electrons. The number of rotatable bonds is 7. The molecule has 0 aliphatic carbocycles. The van der Waals surface area contributed by atoms with E-state index in [4.69, 9.17) is 30.1 Å². The third kappa shape index (κ3) is 15.2. The van der Waals surface area contributed by atoms with E-state index in [1.165, 1.54) is 0 Å². The number of nitrogens with two attached hydrogens (primary N) is 1. The van der Waals surface area contributed by atoms with E-state index < -0.39 is 43.3 Å². The lowest BCUT2D eigenvalue weighted by Gasteiger charge is -2.24. The fourth-order valence-corrected chi connectivity index (χ4v) is 1.37. The molecule has 156 valence electrons. The zero-order chi connectivity index (χ0) is 21.2. The quantitative estimate of drug-likeness (QED) is 0.350. The first-order chi connectivity index (χ1) is 11.5. The highest BCUT2D eigenvalue weighted by atomic mass is 31.2. The van der Waals surface area contributed by atoms with E-state index in [2.05, 4.69) is 4.52 Å². The number of carbonyl (C=O) groups is 2. The molecule has 0 aliphatic rings. The van der Waals surface area contributed by atoms with E-state index in [9.17, 15) is 14.2 Å². The highest BCUT2D eigenvalue weighted by Crippen LogP contribution is 2.36. The first-order valence-corrected chi connectivity index (χ1v) is 9.47. The van der Waals surface area contributed by atoms with Gasteiger partial charge in [0.25, 0.3) is 0 Å². The summed E-state index contributed by atoms with van der Waals surface area (Å²) in [6.07, 6.45) is -1.11. The molecule has 0 aromatic rings. The summed E-state index contributed by atoms with van der Waals surface area (Å²) in [5.41, 5.74) is 3.22. The molecule has 0 aromatic carbocycles. The number of ether oxygens (including phenoxy) is 2. The molecular weight excluding hydrogens is 369 g/mol. The molecule has 5 N–H and O–H groups in total. The van der Waals surface area contributed by atoms with Gasteiger partial charge >= 0.3 is 19.8 Å². The van der Waals surface area contributed by atoms with Crippen LogP contribution in [0.25, 0.3) is 0 Å². The van der Waals surface area contributed by atoms with Gasteiger partial charge < -0.3 is 30.1 Å². The smallest absolute Gasteiger partial charge is 0.461 e. The lowest BCUT2D eigenvalue weighted by atomic mass is 9.97. The van der Waals surface area contributed by atoms with Gasteiger partial charge in [0.2, 0.25) is 0 Å². The summed E-state index contributed by atoms with van der Waals surface area (Å²) in [6, 6.07) is 0.